The molecule has 1 amide bonds. The van der Waals surface area contributed by atoms with Gasteiger partial charge in [0, 0.05) is 37.6 Å². The lowest BCUT2D eigenvalue weighted by Crippen LogP contribution is -2.37. The average Bonchev–Trinajstić information content (AvgIpc) is 3.33. The first-order valence-electron chi connectivity index (χ1n) is 11.3. The smallest absolute Gasteiger partial charge is 0.349 e. The Morgan fingerprint density at radius 1 is 1.19 bits per heavy atom. The van der Waals surface area contributed by atoms with Crippen molar-refractivity contribution >= 4 is 18.0 Å². The summed E-state index contributed by atoms with van der Waals surface area (Å²) in [6.45, 7) is 6.63. The highest BCUT2D eigenvalue weighted by Gasteiger charge is 2.21. The van der Waals surface area contributed by atoms with Gasteiger partial charge in [0.2, 0.25) is 0 Å². The summed E-state index contributed by atoms with van der Waals surface area (Å²) in [5.74, 6) is -0.950. The molecule has 0 aliphatic carbocycles. The second-order valence-electron chi connectivity index (χ2n) is 8.47. The molecule has 0 N–H and O–H groups in total. The lowest BCUT2D eigenvalue weighted by Gasteiger charge is -2.24. The molecular formula is C24H33N3O4. The Labute approximate surface area is 184 Å². The monoisotopic (exact) mass is 427 g/mol. The Hall–Kier alpha value is -2.59. The number of nitrogens with zero attached hydrogens (tertiary/aromatic N) is 3. The summed E-state index contributed by atoms with van der Waals surface area (Å²) >= 11 is 0. The van der Waals surface area contributed by atoms with Gasteiger partial charge in [-0.15, -0.1) is 0 Å². The summed E-state index contributed by atoms with van der Waals surface area (Å²) in [4.78, 5) is 26.7. The normalized spacial score (nSPS) is 20.1. The zero-order valence-corrected chi connectivity index (χ0v) is 18.7. The fourth-order valence-corrected chi connectivity index (χ4v) is 4.33. The average molecular weight is 428 g/mol. The third-order valence-electron chi connectivity index (χ3n) is 6.20. The van der Waals surface area contributed by atoms with Crippen molar-refractivity contribution in [3.05, 3.63) is 28.6 Å². The maximum atomic E-state index is 12.5. The molecule has 7 nitrogen and oxygen atoms in total. The summed E-state index contributed by atoms with van der Waals surface area (Å²) in [5.41, 5.74) is 2.74. The molecule has 0 aromatic carbocycles. The van der Waals surface area contributed by atoms with Crippen molar-refractivity contribution < 1.29 is 19.1 Å². The Balaban J connectivity index is 1.62. The van der Waals surface area contributed by atoms with Crippen LogP contribution in [0.3, 0.4) is 0 Å². The minimum atomic E-state index is -0.758. The van der Waals surface area contributed by atoms with Crippen LogP contribution in [0.4, 0.5) is 0 Å². The van der Waals surface area contributed by atoms with Gasteiger partial charge in [0.15, 0.2) is 6.61 Å². The van der Waals surface area contributed by atoms with Crippen molar-refractivity contribution in [2.24, 2.45) is 0 Å². The van der Waals surface area contributed by atoms with Crippen LogP contribution >= 0.6 is 0 Å². The summed E-state index contributed by atoms with van der Waals surface area (Å²) < 4.78 is 13.1. The number of nitriles is 1. The van der Waals surface area contributed by atoms with Crippen molar-refractivity contribution in [2.75, 3.05) is 26.3 Å². The van der Waals surface area contributed by atoms with Gasteiger partial charge in [-0.1, -0.05) is 19.3 Å². The predicted octanol–water partition coefficient (Wildman–Crippen LogP) is 3.53. The van der Waals surface area contributed by atoms with Gasteiger partial charge in [0.25, 0.3) is 5.91 Å². The van der Waals surface area contributed by atoms with Crippen molar-refractivity contribution in [1.82, 2.24) is 9.47 Å². The lowest BCUT2D eigenvalue weighted by molar-refractivity contribution is -0.148. The third-order valence-corrected chi connectivity index (χ3v) is 6.20. The van der Waals surface area contributed by atoms with Crippen LogP contribution in [0.5, 0.6) is 0 Å². The second-order valence-corrected chi connectivity index (χ2v) is 8.47. The highest BCUT2D eigenvalue weighted by molar-refractivity contribution is 5.99. The van der Waals surface area contributed by atoms with Gasteiger partial charge >= 0.3 is 5.97 Å². The Morgan fingerprint density at radius 3 is 2.55 bits per heavy atom. The van der Waals surface area contributed by atoms with Crippen LogP contribution in [0.25, 0.3) is 6.08 Å². The molecule has 3 rings (SSSR count). The van der Waals surface area contributed by atoms with E-state index in [1.165, 1.54) is 6.42 Å². The number of carbonyl (C=O) groups excluding carboxylic acids is 2. The molecule has 2 saturated heterocycles. The fourth-order valence-electron chi connectivity index (χ4n) is 4.33. The first-order valence-corrected chi connectivity index (χ1v) is 11.3. The number of ether oxygens (including phenoxy) is 2. The maximum Gasteiger partial charge on any atom is 0.349 e. The minimum absolute atomic E-state index is 0.0992. The van der Waals surface area contributed by atoms with Crippen LogP contribution < -0.4 is 0 Å². The van der Waals surface area contributed by atoms with Gasteiger partial charge in [0.05, 0.1) is 6.10 Å². The van der Waals surface area contributed by atoms with E-state index in [0.29, 0.717) is 13.1 Å². The topological polar surface area (TPSA) is 84.6 Å². The third kappa shape index (κ3) is 6.20. The first-order chi connectivity index (χ1) is 15.0. The Bertz CT molecular complexity index is 851. The molecule has 7 heteroatoms. The number of amides is 1. The molecule has 3 heterocycles. The molecule has 0 radical (unpaired) electrons. The number of hydrogen-bond acceptors (Lipinski definition) is 5. The largest absolute Gasteiger partial charge is 0.451 e. The van der Waals surface area contributed by atoms with E-state index < -0.39 is 5.97 Å². The van der Waals surface area contributed by atoms with Gasteiger partial charge < -0.3 is 18.9 Å². The van der Waals surface area contributed by atoms with E-state index in [1.54, 1.807) is 11.0 Å². The summed E-state index contributed by atoms with van der Waals surface area (Å²) in [7, 11) is 0. The van der Waals surface area contributed by atoms with Gasteiger partial charge in [-0.2, -0.15) is 5.26 Å². The highest BCUT2D eigenvalue weighted by atomic mass is 16.5. The summed E-state index contributed by atoms with van der Waals surface area (Å²) in [6, 6.07) is 3.89. The predicted molar refractivity (Wildman–Crippen MR) is 117 cm³/mol. The number of aryl methyl sites for hydroxylation is 1. The zero-order chi connectivity index (χ0) is 22.2. The number of esters is 1. The molecule has 1 atom stereocenters. The van der Waals surface area contributed by atoms with Crippen molar-refractivity contribution in [3.8, 4) is 6.07 Å². The van der Waals surface area contributed by atoms with E-state index in [0.717, 1.165) is 68.6 Å². The van der Waals surface area contributed by atoms with E-state index >= 15 is 0 Å². The maximum absolute atomic E-state index is 12.5. The van der Waals surface area contributed by atoms with Crippen molar-refractivity contribution in [1.29, 1.82) is 5.26 Å². The van der Waals surface area contributed by atoms with Crippen LogP contribution in [0, 0.1) is 25.2 Å². The van der Waals surface area contributed by atoms with Gasteiger partial charge in [0.1, 0.15) is 11.6 Å². The molecule has 31 heavy (non-hydrogen) atoms. The van der Waals surface area contributed by atoms with Gasteiger partial charge in [-0.3, -0.25) is 4.79 Å². The molecule has 2 aliphatic rings. The standard InChI is InChI=1S/C24H33N3O4/c1-18-13-20(19(2)27(18)16-22-9-8-12-30-22)14-21(15-25)24(29)31-17-23(28)26-10-6-4-3-5-7-11-26/h13-14,22H,3-12,16-17H2,1-2H3/b21-14+/t22-/m1/s1. The highest BCUT2D eigenvalue weighted by Crippen LogP contribution is 2.22. The Kier molecular flexibility index (Phi) is 8.30. The van der Waals surface area contributed by atoms with Crippen molar-refractivity contribution in [3.63, 3.8) is 0 Å². The van der Waals surface area contributed by atoms with Crippen LogP contribution in [0.1, 0.15) is 61.9 Å². The molecule has 0 spiro atoms. The fraction of sp³-hybridized carbons (Fsp3) is 0.625. The second kappa shape index (κ2) is 11.1. The molecule has 2 aliphatic heterocycles. The van der Waals surface area contributed by atoms with E-state index in [9.17, 15) is 14.9 Å². The van der Waals surface area contributed by atoms with Gasteiger partial charge in [-0.25, -0.2) is 4.79 Å². The molecule has 1 aromatic heterocycles. The zero-order valence-electron chi connectivity index (χ0n) is 18.7. The van der Waals surface area contributed by atoms with E-state index in [4.69, 9.17) is 9.47 Å². The number of rotatable bonds is 6. The summed E-state index contributed by atoms with van der Waals surface area (Å²) in [6.07, 6.45) is 9.29. The quantitative estimate of drug-likeness (QED) is 0.394. The SMILES string of the molecule is Cc1cc(/C=C(\C#N)C(=O)OCC(=O)N2CCCCCCC2)c(C)n1C[C@H]1CCCO1. The number of carbonyl (C=O) groups is 2. The first kappa shape index (κ1) is 23.1. The molecule has 168 valence electrons. The summed E-state index contributed by atoms with van der Waals surface area (Å²) in [5, 5.41) is 9.50. The number of aromatic nitrogens is 1. The lowest BCUT2D eigenvalue weighted by atomic mass is 10.1. The molecule has 1 aromatic rings. The number of hydrogen-bond donors (Lipinski definition) is 0. The molecule has 0 unspecified atom stereocenters. The van der Waals surface area contributed by atoms with E-state index in [2.05, 4.69) is 4.57 Å². The van der Waals surface area contributed by atoms with Gasteiger partial charge in [-0.05, 0) is 57.2 Å². The van der Waals surface area contributed by atoms with Crippen LogP contribution in [-0.4, -0.2) is 53.8 Å². The molecule has 0 bridgehead atoms. The van der Waals surface area contributed by atoms with Crippen LogP contribution in [0.15, 0.2) is 11.6 Å². The van der Waals surface area contributed by atoms with Crippen LogP contribution in [0.2, 0.25) is 0 Å². The Morgan fingerprint density at radius 2 is 1.90 bits per heavy atom. The number of likely N-dealkylation sites (tertiary alicyclic amines) is 1. The molecule has 0 saturated carbocycles. The minimum Gasteiger partial charge on any atom is -0.451 e. The van der Waals surface area contributed by atoms with E-state index in [-0.39, 0.29) is 24.2 Å². The van der Waals surface area contributed by atoms with Crippen molar-refractivity contribution in [2.45, 2.75) is 71.4 Å². The van der Waals surface area contributed by atoms with E-state index in [1.807, 2.05) is 26.0 Å². The molecule has 2 fully saturated rings. The molecular weight excluding hydrogens is 394 g/mol. The van der Waals surface area contributed by atoms with Crippen LogP contribution in [-0.2, 0) is 25.6 Å².